The number of hydrogen-bond acceptors (Lipinski definition) is 7. The van der Waals surface area contributed by atoms with E-state index in [1.165, 1.54) is 56.9 Å². The molecule has 0 bridgehead atoms. The van der Waals surface area contributed by atoms with Crippen molar-refractivity contribution in [2.24, 2.45) is 0 Å². The molecule has 0 radical (unpaired) electrons. The zero-order valence-electron chi connectivity index (χ0n) is 23.3. The summed E-state index contributed by atoms with van der Waals surface area (Å²) in [5.41, 5.74) is -0.262. The Morgan fingerprint density at radius 2 is 2.00 bits per heavy atom. The van der Waals surface area contributed by atoms with Crippen molar-refractivity contribution in [3.63, 3.8) is 0 Å². The van der Waals surface area contributed by atoms with E-state index in [0.717, 1.165) is 12.8 Å². The SMILES string of the molecule is CNC(=O)c1ccc(NC(=O)C(C[C@@H]2CCCCO2)c2c(-c3cc(Cl)ccc3OCC(F)(F)F)c(OC)c[nH]c2=O)cn1. The molecule has 43 heavy (non-hydrogen) atoms. The number of methoxy groups -OCH3 is 1. The highest BCUT2D eigenvalue weighted by Gasteiger charge is 2.34. The van der Waals surface area contributed by atoms with Crippen molar-refractivity contribution in [2.45, 2.75) is 43.9 Å². The smallest absolute Gasteiger partial charge is 0.422 e. The van der Waals surface area contributed by atoms with E-state index in [-0.39, 0.29) is 57.1 Å². The van der Waals surface area contributed by atoms with Crippen molar-refractivity contribution < 1.29 is 37.0 Å². The Kier molecular flexibility index (Phi) is 10.3. The van der Waals surface area contributed by atoms with Gasteiger partial charge >= 0.3 is 6.18 Å². The van der Waals surface area contributed by atoms with Crippen LogP contribution < -0.4 is 25.7 Å². The fourth-order valence-corrected chi connectivity index (χ4v) is 5.03. The maximum absolute atomic E-state index is 13.9. The molecule has 2 aromatic heterocycles. The number of carbonyl (C=O) groups is 2. The molecular formula is C29H30ClF3N4O6. The summed E-state index contributed by atoms with van der Waals surface area (Å²) in [4.78, 5) is 46.0. The van der Waals surface area contributed by atoms with Gasteiger partial charge in [-0.1, -0.05) is 11.6 Å². The summed E-state index contributed by atoms with van der Waals surface area (Å²) in [6.07, 6.45) is -0.0362. The highest BCUT2D eigenvalue weighted by molar-refractivity contribution is 6.31. The first-order valence-electron chi connectivity index (χ1n) is 13.4. The number of pyridine rings is 2. The van der Waals surface area contributed by atoms with Crippen LogP contribution in [-0.4, -0.2) is 61.4 Å². The van der Waals surface area contributed by atoms with Crippen LogP contribution in [0.2, 0.25) is 5.02 Å². The lowest BCUT2D eigenvalue weighted by atomic mass is 9.85. The van der Waals surface area contributed by atoms with Crippen LogP contribution >= 0.6 is 11.6 Å². The first-order chi connectivity index (χ1) is 20.5. The Morgan fingerprint density at radius 1 is 1.21 bits per heavy atom. The number of amides is 2. The molecule has 0 saturated carbocycles. The molecule has 1 aliphatic heterocycles. The molecule has 230 valence electrons. The largest absolute Gasteiger partial charge is 0.495 e. The number of carbonyl (C=O) groups excluding carboxylic acids is 2. The Morgan fingerprint density at radius 3 is 2.63 bits per heavy atom. The number of anilines is 1. The van der Waals surface area contributed by atoms with Gasteiger partial charge in [0.25, 0.3) is 11.5 Å². The first-order valence-corrected chi connectivity index (χ1v) is 13.8. The van der Waals surface area contributed by atoms with E-state index in [2.05, 4.69) is 20.6 Å². The molecule has 3 aromatic rings. The molecule has 2 amide bonds. The quantitative estimate of drug-likeness (QED) is 0.287. The second-order valence-electron chi connectivity index (χ2n) is 9.80. The van der Waals surface area contributed by atoms with Crippen LogP contribution in [0.15, 0.2) is 47.5 Å². The predicted molar refractivity (Wildman–Crippen MR) is 153 cm³/mol. The lowest BCUT2D eigenvalue weighted by Gasteiger charge is -2.28. The van der Waals surface area contributed by atoms with Crippen LogP contribution in [0.4, 0.5) is 18.9 Å². The molecule has 2 atom stereocenters. The zero-order valence-corrected chi connectivity index (χ0v) is 24.1. The van der Waals surface area contributed by atoms with Crippen molar-refractivity contribution in [1.82, 2.24) is 15.3 Å². The minimum absolute atomic E-state index is 0.0358. The molecule has 1 aromatic carbocycles. The third kappa shape index (κ3) is 8.05. The zero-order chi connectivity index (χ0) is 31.1. The summed E-state index contributed by atoms with van der Waals surface area (Å²) < 4.78 is 55.9. The molecule has 1 aliphatic rings. The minimum atomic E-state index is -4.64. The molecule has 1 unspecified atom stereocenters. The van der Waals surface area contributed by atoms with Crippen LogP contribution in [0, 0.1) is 0 Å². The molecule has 3 heterocycles. The molecule has 4 rings (SSSR count). The number of halogens is 4. The molecule has 1 fully saturated rings. The average Bonchev–Trinajstić information content (AvgIpc) is 2.99. The third-order valence-electron chi connectivity index (χ3n) is 6.85. The standard InChI is InChI=1S/C29H30ClF3N4O6/c1-34-27(39)21-8-7-17(13-35-21)37-26(38)20(12-18-5-3-4-10-42-18)25-24(23(41-2)14-36-28(25)40)19-11-16(30)6-9-22(19)43-15-29(31,32)33/h6-9,11,13-14,18,20H,3-5,10,12,15H2,1-2H3,(H,34,39)(H,36,40)(H,37,38)/t18-,20?/m0/s1. The number of aromatic amines is 1. The van der Waals surface area contributed by atoms with Gasteiger partial charge in [-0.25, -0.2) is 4.98 Å². The van der Waals surface area contributed by atoms with Crippen LogP contribution in [-0.2, 0) is 9.53 Å². The van der Waals surface area contributed by atoms with Crippen LogP contribution in [0.25, 0.3) is 11.1 Å². The van der Waals surface area contributed by atoms with Crippen molar-refractivity contribution in [3.05, 3.63) is 69.4 Å². The fourth-order valence-electron chi connectivity index (χ4n) is 4.85. The van der Waals surface area contributed by atoms with E-state index in [1.54, 1.807) is 0 Å². The number of nitrogens with zero attached hydrogens (tertiary/aromatic N) is 1. The van der Waals surface area contributed by atoms with Gasteiger partial charge in [-0.3, -0.25) is 14.4 Å². The van der Waals surface area contributed by atoms with Crippen molar-refractivity contribution >= 4 is 29.1 Å². The number of hydrogen-bond donors (Lipinski definition) is 3. The minimum Gasteiger partial charge on any atom is -0.495 e. The van der Waals surface area contributed by atoms with E-state index >= 15 is 0 Å². The Labute approximate surface area is 249 Å². The molecule has 0 aliphatic carbocycles. The molecule has 3 N–H and O–H groups in total. The van der Waals surface area contributed by atoms with Gasteiger partial charge < -0.3 is 29.8 Å². The van der Waals surface area contributed by atoms with Crippen molar-refractivity contribution in [2.75, 3.05) is 32.7 Å². The predicted octanol–water partition coefficient (Wildman–Crippen LogP) is 5.08. The van der Waals surface area contributed by atoms with Gasteiger partial charge in [0, 0.05) is 41.6 Å². The summed E-state index contributed by atoms with van der Waals surface area (Å²) in [5, 5.41) is 5.35. The number of aromatic nitrogens is 2. The lowest BCUT2D eigenvalue weighted by molar-refractivity contribution is -0.153. The van der Waals surface area contributed by atoms with Crippen LogP contribution in [0.5, 0.6) is 11.5 Å². The number of alkyl halides is 3. The fraction of sp³-hybridized carbons (Fsp3) is 0.379. The number of H-pyrrole nitrogens is 1. The molecule has 10 nitrogen and oxygen atoms in total. The van der Waals surface area contributed by atoms with Crippen molar-refractivity contribution in [3.8, 4) is 22.6 Å². The summed E-state index contributed by atoms with van der Waals surface area (Å²) in [5.74, 6) is -2.32. The van der Waals surface area contributed by atoms with Gasteiger partial charge in [0.1, 0.15) is 17.2 Å². The number of benzene rings is 1. The van der Waals surface area contributed by atoms with Gasteiger partial charge in [-0.15, -0.1) is 0 Å². The Bertz CT molecular complexity index is 1510. The Hall–Kier alpha value is -4.10. The van der Waals surface area contributed by atoms with Gasteiger partial charge in [0.2, 0.25) is 5.91 Å². The van der Waals surface area contributed by atoms with Gasteiger partial charge in [-0.2, -0.15) is 13.2 Å². The molecule has 0 spiro atoms. The summed E-state index contributed by atoms with van der Waals surface area (Å²) >= 11 is 6.26. The summed E-state index contributed by atoms with van der Waals surface area (Å²) in [6, 6.07) is 6.87. The van der Waals surface area contributed by atoms with Crippen molar-refractivity contribution in [1.29, 1.82) is 0 Å². The summed E-state index contributed by atoms with van der Waals surface area (Å²) in [7, 11) is 2.78. The first kappa shape index (κ1) is 31.8. The van der Waals surface area contributed by atoms with E-state index in [9.17, 15) is 27.6 Å². The van der Waals surface area contributed by atoms with Crippen LogP contribution in [0.3, 0.4) is 0 Å². The topological polar surface area (TPSA) is 132 Å². The van der Waals surface area contributed by atoms with E-state index in [1.807, 2.05) is 0 Å². The van der Waals surface area contributed by atoms with E-state index in [4.69, 9.17) is 25.8 Å². The Balaban J connectivity index is 1.84. The number of rotatable bonds is 10. The number of ether oxygens (including phenoxy) is 3. The lowest BCUT2D eigenvalue weighted by Crippen LogP contribution is -2.32. The van der Waals surface area contributed by atoms with E-state index in [0.29, 0.717) is 13.0 Å². The highest BCUT2D eigenvalue weighted by atomic mass is 35.5. The van der Waals surface area contributed by atoms with Gasteiger partial charge in [-0.05, 0) is 56.0 Å². The normalized spacial score (nSPS) is 15.8. The monoisotopic (exact) mass is 622 g/mol. The van der Waals surface area contributed by atoms with Gasteiger partial charge in [0.15, 0.2) is 6.61 Å². The second kappa shape index (κ2) is 13.9. The number of nitrogens with one attached hydrogen (secondary N) is 3. The van der Waals surface area contributed by atoms with Crippen LogP contribution in [0.1, 0.15) is 47.7 Å². The summed E-state index contributed by atoms with van der Waals surface area (Å²) in [6.45, 7) is -1.11. The average molecular weight is 623 g/mol. The molecular weight excluding hydrogens is 593 g/mol. The highest BCUT2D eigenvalue weighted by Crippen LogP contribution is 2.43. The third-order valence-corrected chi connectivity index (χ3v) is 7.08. The molecule has 14 heteroatoms. The second-order valence-corrected chi connectivity index (χ2v) is 10.2. The maximum atomic E-state index is 13.9. The molecule has 1 saturated heterocycles. The van der Waals surface area contributed by atoms with E-state index < -0.39 is 36.1 Å². The maximum Gasteiger partial charge on any atom is 0.422 e. The van der Waals surface area contributed by atoms with Gasteiger partial charge in [0.05, 0.1) is 31.0 Å².